The minimum Gasteiger partial charge on any atom is -0.357 e. The van der Waals surface area contributed by atoms with Gasteiger partial charge in [-0.15, -0.1) is 0 Å². The monoisotopic (exact) mass is 379 g/mol. The highest BCUT2D eigenvalue weighted by Crippen LogP contribution is 2.25. The lowest BCUT2D eigenvalue weighted by atomic mass is 10.2. The normalized spacial score (nSPS) is 18.0. The van der Waals surface area contributed by atoms with E-state index in [4.69, 9.17) is 0 Å². The molecule has 0 aliphatic carbocycles. The Bertz CT molecular complexity index is 458. The van der Waals surface area contributed by atoms with E-state index in [9.17, 15) is 18.0 Å². The third-order valence-electron chi connectivity index (χ3n) is 4.67. The Hall–Kier alpha value is -1.51. The van der Waals surface area contributed by atoms with Crippen LogP contribution in [0.4, 0.5) is 13.2 Å². The fourth-order valence-electron chi connectivity index (χ4n) is 2.95. The summed E-state index contributed by atoms with van der Waals surface area (Å²) in [5.74, 6) is 0.734. The zero-order chi connectivity index (χ0) is 19.7. The lowest BCUT2D eigenvalue weighted by molar-refractivity contribution is -0.181. The minimum atomic E-state index is -4.20. The van der Waals surface area contributed by atoms with Crippen LogP contribution in [0.2, 0.25) is 0 Å². The average molecular weight is 379 g/mol. The molecular weight excluding hydrogens is 347 g/mol. The quantitative estimate of drug-likeness (QED) is 0.541. The summed E-state index contributed by atoms with van der Waals surface area (Å²) in [5, 5.41) is 3.17. The topological polar surface area (TPSA) is 51.2 Å². The summed E-state index contributed by atoms with van der Waals surface area (Å²) < 4.78 is 38.5. The molecular formula is C17H32F3N5O. The molecule has 0 aromatic carbocycles. The Morgan fingerprint density at radius 3 is 2.19 bits per heavy atom. The van der Waals surface area contributed by atoms with Crippen molar-refractivity contribution in [3.05, 3.63) is 0 Å². The molecule has 0 saturated carbocycles. The van der Waals surface area contributed by atoms with Gasteiger partial charge >= 0.3 is 6.18 Å². The molecule has 1 N–H and O–H groups in total. The van der Waals surface area contributed by atoms with Crippen molar-refractivity contribution < 1.29 is 18.0 Å². The first kappa shape index (κ1) is 22.5. The van der Waals surface area contributed by atoms with E-state index in [1.165, 1.54) is 11.8 Å². The molecule has 152 valence electrons. The highest BCUT2D eigenvalue weighted by molar-refractivity contribution is 5.81. The van der Waals surface area contributed by atoms with Gasteiger partial charge in [0.25, 0.3) is 0 Å². The van der Waals surface area contributed by atoms with Crippen LogP contribution in [0, 0.1) is 0 Å². The first-order valence-electron chi connectivity index (χ1n) is 9.36. The van der Waals surface area contributed by atoms with Crippen LogP contribution in [0.5, 0.6) is 0 Å². The molecule has 0 spiro atoms. The Morgan fingerprint density at radius 1 is 1.15 bits per heavy atom. The maximum atomic E-state index is 12.8. The smallest absolute Gasteiger partial charge is 0.357 e. The maximum Gasteiger partial charge on any atom is 0.403 e. The number of halogens is 3. The summed E-state index contributed by atoms with van der Waals surface area (Å²) in [7, 11) is 0. The fraction of sp³-hybridized carbons (Fsp3) is 0.882. The van der Waals surface area contributed by atoms with Crippen molar-refractivity contribution in [3.8, 4) is 0 Å². The van der Waals surface area contributed by atoms with Crippen molar-refractivity contribution >= 4 is 11.9 Å². The van der Waals surface area contributed by atoms with Crippen LogP contribution >= 0.6 is 0 Å². The lowest BCUT2D eigenvalue weighted by Gasteiger charge is -2.39. The van der Waals surface area contributed by atoms with E-state index in [1.54, 1.807) is 4.90 Å². The first-order valence-corrected chi connectivity index (χ1v) is 9.36. The molecule has 1 rings (SSSR count). The summed E-state index contributed by atoms with van der Waals surface area (Å²) in [4.78, 5) is 21.7. The highest BCUT2D eigenvalue weighted by atomic mass is 19.4. The summed E-state index contributed by atoms with van der Waals surface area (Å²) >= 11 is 0. The molecule has 1 unspecified atom stereocenters. The van der Waals surface area contributed by atoms with Gasteiger partial charge < -0.3 is 15.1 Å². The molecule has 6 nitrogen and oxygen atoms in total. The molecule has 9 heteroatoms. The van der Waals surface area contributed by atoms with Crippen LogP contribution in [0.25, 0.3) is 0 Å². The van der Waals surface area contributed by atoms with Crippen LogP contribution in [-0.4, -0.2) is 91.1 Å². The van der Waals surface area contributed by atoms with Gasteiger partial charge in [0.15, 0.2) is 5.96 Å². The second kappa shape index (κ2) is 10.6. The number of aliphatic imine (C=N–C) groups is 1. The predicted molar refractivity (Wildman–Crippen MR) is 97.2 cm³/mol. The number of nitrogens with zero attached hydrogens (tertiary/aromatic N) is 4. The molecule has 1 heterocycles. The summed E-state index contributed by atoms with van der Waals surface area (Å²) in [6.07, 6.45) is -3.87. The van der Waals surface area contributed by atoms with Crippen LogP contribution in [0.3, 0.4) is 0 Å². The van der Waals surface area contributed by atoms with E-state index >= 15 is 0 Å². The van der Waals surface area contributed by atoms with E-state index in [2.05, 4.69) is 10.3 Å². The van der Waals surface area contributed by atoms with Gasteiger partial charge in [0, 0.05) is 52.2 Å². The van der Waals surface area contributed by atoms with Gasteiger partial charge in [0.05, 0.1) is 6.54 Å². The summed E-state index contributed by atoms with van der Waals surface area (Å²) in [6.45, 7) is 11.1. The van der Waals surface area contributed by atoms with E-state index in [1.807, 2.05) is 25.7 Å². The number of alkyl halides is 3. The number of carbonyl (C=O) groups excluding carboxylic acids is 1. The fourth-order valence-corrected chi connectivity index (χ4v) is 2.95. The van der Waals surface area contributed by atoms with Crippen molar-refractivity contribution in [2.24, 2.45) is 4.99 Å². The first-order chi connectivity index (χ1) is 12.2. The third kappa shape index (κ3) is 6.66. The highest BCUT2D eigenvalue weighted by Gasteiger charge is 2.41. The van der Waals surface area contributed by atoms with Crippen LogP contribution in [0.15, 0.2) is 4.99 Å². The van der Waals surface area contributed by atoms with Gasteiger partial charge in [-0.05, 0) is 27.7 Å². The predicted octanol–water partition coefficient (Wildman–Crippen LogP) is 1.78. The van der Waals surface area contributed by atoms with E-state index in [-0.39, 0.29) is 5.91 Å². The second-order valence-corrected chi connectivity index (χ2v) is 6.29. The molecule has 1 saturated heterocycles. The van der Waals surface area contributed by atoms with Gasteiger partial charge in [-0.2, -0.15) is 13.2 Å². The maximum absolute atomic E-state index is 12.8. The lowest BCUT2D eigenvalue weighted by Crippen LogP contribution is -2.56. The minimum absolute atomic E-state index is 0.0680. The number of nitrogens with one attached hydrogen (secondary N) is 1. The number of amides is 1. The molecule has 0 bridgehead atoms. The molecule has 1 atom stereocenters. The third-order valence-corrected chi connectivity index (χ3v) is 4.67. The van der Waals surface area contributed by atoms with Crippen molar-refractivity contribution in [2.45, 2.75) is 46.3 Å². The molecule has 1 aliphatic rings. The van der Waals surface area contributed by atoms with Gasteiger partial charge in [-0.3, -0.25) is 14.7 Å². The van der Waals surface area contributed by atoms with Crippen molar-refractivity contribution in [3.63, 3.8) is 0 Å². The van der Waals surface area contributed by atoms with Crippen LogP contribution in [-0.2, 0) is 4.79 Å². The molecule has 1 aliphatic heterocycles. The zero-order valence-corrected chi connectivity index (χ0v) is 16.3. The Morgan fingerprint density at radius 2 is 1.73 bits per heavy atom. The van der Waals surface area contributed by atoms with Crippen molar-refractivity contribution in [1.29, 1.82) is 0 Å². The second-order valence-electron chi connectivity index (χ2n) is 6.29. The molecule has 0 aromatic rings. The standard InChI is InChI=1S/C17H32F3N5O/c1-5-21-16(22-9-8-15(26)23(6-2)7-3)25-12-10-24(11-13-25)14(4)17(18,19)20/h14H,5-13H2,1-4H3,(H,21,22). The number of carbonyl (C=O) groups is 1. The Balaban J connectivity index is 2.59. The van der Waals surface area contributed by atoms with E-state index in [0.717, 1.165) is 0 Å². The largest absolute Gasteiger partial charge is 0.403 e. The number of hydrogen-bond donors (Lipinski definition) is 1. The van der Waals surface area contributed by atoms with Gasteiger partial charge in [0.1, 0.15) is 6.04 Å². The number of guanidine groups is 1. The molecule has 0 aromatic heterocycles. The summed E-state index contributed by atoms with van der Waals surface area (Å²) in [5.41, 5.74) is 0. The van der Waals surface area contributed by atoms with Gasteiger partial charge in [-0.25, -0.2) is 0 Å². The number of piperazine rings is 1. The molecule has 1 fully saturated rings. The van der Waals surface area contributed by atoms with Crippen molar-refractivity contribution in [1.82, 2.24) is 20.0 Å². The van der Waals surface area contributed by atoms with E-state index < -0.39 is 12.2 Å². The van der Waals surface area contributed by atoms with Gasteiger partial charge in [-0.1, -0.05) is 0 Å². The molecule has 26 heavy (non-hydrogen) atoms. The average Bonchev–Trinajstić information content (AvgIpc) is 2.61. The Kier molecular flexibility index (Phi) is 9.18. The zero-order valence-electron chi connectivity index (χ0n) is 16.3. The van der Waals surface area contributed by atoms with Crippen molar-refractivity contribution in [2.75, 3.05) is 52.4 Å². The molecule has 0 radical (unpaired) electrons. The van der Waals surface area contributed by atoms with E-state index in [0.29, 0.717) is 64.7 Å². The SMILES string of the molecule is CCNC(=NCCC(=O)N(CC)CC)N1CCN(C(C)C(F)(F)F)CC1. The molecule has 1 amide bonds. The van der Waals surface area contributed by atoms with Crippen LogP contribution in [0.1, 0.15) is 34.1 Å². The number of rotatable bonds is 7. The van der Waals surface area contributed by atoms with Gasteiger partial charge in [0.2, 0.25) is 5.91 Å². The Labute approximate surface area is 154 Å². The summed E-state index contributed by atoms with van der Waals surface area (Å²) in [6, 6.07) is -1.43. The van der Waals surface area contributed by atoms with Crippen LogP contribution < -0.4 is 5.32 Å². The number of hydrogen-bond acceptors (Lipinski definition) is 3.